The number of ether oxygens (including phenoxy) is 3. The highest BCUT2D eigenvalue weighted by Crippen LogP contribution is 2.34. The molecule has 2 aromatic rings. The van der Waals surface area contributed by atoms with E-state index in [1.165, 1.54) is 39.5 Å². The number of carbonyl (C=O) groups is 1. The van der Waals surface area contributed by atoms with Gasteiger partial charge in [0, 0.05) is 18.2 Å². The lowest BCUT2D eigenvalue weighted by Gasteiger charge is -2.23. The van der Waals surface area contributed by atoms with E-state index in [-0.39, 0.29) is 22.8 Å². The van der Waals surface area contributed by atoms with Crippen molar-refractivity contribution in [1.82, 2.24) is 0 Å². The second-order valence-corrected chi connectivity index (χ2v) is 7.90. The van der Waals surface area contributed by atoms with Crippen LogP contribution in [0, 0.1) is 10.1 Å². The zero-order valence-electron chi connectivity index (χ0n) is 16.7. The molecule has 162 valence electrons. The lowest BCUT2D eigenvalue weighted by atomic mass is 10.2. The molecule has 0 aromatic heterocycles. The molecule has 0 heterocycles. The zero-order valence-corrected chi connectivity index (χ0v) is 17.6. The van der Waals surface area contributed by atoms with E-state index in [1.807, 2.05) is 0 Å². The number of rotatable bonds is 9. The van der Waals surface area contributed by atoms with Crippen LogP contribution in [0.15, 0.2) is 36.4 Å². The van der Waals surface area contributed by atoms with Crippen LogP contribution in [0.1, 0.15) is 0 Å². The van der Waals surface area contributed by atoms with E-state index >= 15 is 0 Å². The first-order valence-electron chi connectivity index (χ1n) is 8.42. The summed E-state index contributed by atoms with van der Waals surface area (Å²) in [5.74, 6) is 0.132. The van der Waals surface area contributed by atoms with Gasteiger partial charge in [0.15, 0.2) is 0 Å². The Hall–Kier alpha value is -3.54. The fourth-order valence-corrected chi connectivity index (χ4v) is 3.45. The Kier molecular flexibility index (Phi) is 7.06. The number of hydrogen-bond acceptors (Lipinski definition) is 8. The Balaban J connectivity index is 2.41. The van der Waals surface area contributed by atoms with Crippen LogP contribution in [-0.4, -0.2) is 53.4 Å². The topological polar surface area (TPSA) is 137 Å². The fraction of sp³-hybridized carbons (Fsp3) is 0.278. The lowest BCUT2D eigenvalue weighted by molar-refractivity contribution is -0.384. The average molecular weight is 439 g/mol. The van der Waals surface area contributed by atoms with Gasteiger partial charge in [0.05, 0.1) is 38.2 Å². The smallest absolute Gasteiger partial charge is 0.271 e. The minimum Gasteiger partial charge on any atom is -0.497 e. The number of benzene rings is 2. The van der Waals surface area contributed by atoms with Crippen LogP contribution in [0.3, 0.4) is 0 Å². The molecule has 1 N–H and O–H groups in total. The molecule has 0 radical (unpaired) electrons. The van der Waals surface area contributed by atoms with Crippen molar-refractivity contribution >= 4 is 33.0 Å². The van der Waals surface area contributed by atoms with Crippen molar-refractivity contribution in [2.45, 2.75) is 0 Å². The number of nitrogens with one attached hydrogen (secondary N) is 1. The third-order valence-electron chi connectivity index (χ3n) is 4.01. The lowest BCUT2D eigenvalue weighted by Crippen LogP contribution is -2.37. The molecule has 11 nitrogen and oxygen atoms in total. The highest BCUT2D eigenvalue weighted by molar-refractivity contribution is 7.92. The number of methoxy groups -OCH3 is 3. The van der Waals surface area contributed by atoms with Crippen molar-refractivity contribution in [3.8, 4) is 17.2 Å². The van der Waals surface area contributed by atoms with Crippen LogP contribution in [0.5, 0.6) is 17.2 Å². The molecule has 2 aromatic carbocycles. The zero-order chi connectivity index (χ0) is 22.5. The second kappa shape index (κ2) is 9.31. The summed E-state index contributed by atoms with van der Waals surface area (Å²) in [5, 5.41) is 13.7. The van der Waals surface area contributed by atoms with E-state index < -0.39 is 27.4 Å². The number of anilines is 2. The van der Waals surface area contributed by atoms with Gasteiger partial charge < -0.3 is 19.5 Å². The van der Waals surface area contributed by atoms with E-state index in [4.69, 9.17) is 14.2 Å². The molecule has 12 heteroatoms. The second-order valence-electron chi connectivity index (χ2n) is 6.00. The summed E-state index contributed by atoms with van der Waals surface area (Å²) in [5.41, 5.74) is -0.224. The molecule has 0 saturated heterocycles. The van der Waals surface area contributed by atoms with Crippen LogP contribution in [0.4, 0.5) is 17.1 Å². The Morgan fingerprint density at radius 1 is 1.07 bits per heavy atom. The van der Waals surface area contributed by atoms with Gasteiger partial charge in [-0.1, -0.05) is 0 Å². The number of carbonyl (C=O) groups excluding carboxylic acids is 1. The summed E-state index contributed by atoms with van der Waals surface area (Å²) in [6.07, 6.45) is 0.880. The molecule has 0 spiro atoms. The molecule has 0 saturated carbocycles. The maximum atomic E-state index is 12.6. The SMILES string of the molecule is COc1ccc(OC)c(NC(=O)CN(c2cc([N+](=O)[O-])ccc2OC)S(C)(=O)=O)c1. The van der Waals surface area contributed by atoms with E-state index in [2.05, 4.69) is 5.32 Å². The van der Waals surface area contributed by atoms with E-state index in [0.29, 0.717) is 11.5 Å². The molecular weight excluding hydrogens is 418 g/mol. The molecule has 0 aliphatic heterocycles. The number of sulfonamides is 1. The molecule has 0 unspecified atom stereocenters. The van der Waals surface area contributed by atoms with E-state index in [9.17, 15) is 23.3 Å². The van der Waals surface area contributed by atoms with Crippen LogP contribution in [0.2, 0.25) is 0 Å². The van der Waals surface area contributed by atoms with Crippen LogP contribution in [0.25, 0.3) is 0 Å². The number of amides is 1. The maximum Gasteiger partial charge on any atom is 0.271 e. The largest absolute Gasteiger partial charge is 0.497 e. The number of nitrogens with zero attached hydrogens (tertiary/aromatic N) is 2. The average Bonchev–Trinajstić information content (AvgIpc) is 2.70. The summed E-state index contributed by atoms with van der Waals surface area (Å²) >= 11 is 0. The van der Waals surface area contributed by atoms with Gasteiger partial charge in [-0.15, -0.1) is 0 Å². The monoisotopic (exact) mass is 439 g/mol. The van der Waals surface area contributed by atoms with Crippen molar-refractivity contribution in [1.29, 1.82) is 0 Å². The van der Waals surface area contributed by atoms with Crippen molar-refractivity contribution in [2.24, 2.45) is 0 Å². The summed E-state index contributed by atoms with van der Waals surface area (Å²) in [6.45, 7) is -0.656. The third-order valence-corrected chi connectivity index (χ3v) is 5.14. The normalized spacial score (nSPS) is 10.8. The quantitative estimate of drug-likeness (QED) is 0.463. The first kappa shape index (κ1) is 22.7. The molecule has 0 fully saturated rings. The standard InChI is InChI=1S/C18H21N3O8S/c1-27-13-6-8-16(28-2)14(10-13)19-18(22)11-20(30(4,25)26)15-9-12(21(23)24)5-7-17(15)29-3/h5-10H,11H2,1-4H3,(H,19,22). The first-order chi connectivity index (χ1) is 14.1. The van der Waals surface area contributed by atoms with Gasteiger partial charge >= 0.3 is 0 Å². The van der Waals surface area contributed by atoms with E-state index in [1.54, 1.807) is 12.1 Å². The highest BCUT2D eigenvalue weighted by Gasteiger charge is 2.26. The van der Waals surface area contributed by atoms with Gasteiger partial charge in [-0.25, -0.2) is 8.42 Å². The molecule has 30 heavy (non-hydrogen) atoms. The first-order valence-corrected chi connectivity index (χ1v) is 10.3. The molecule has 2 rings (SSSR count). The predicted molar refractivity (Wildman–Crippen MR) is 110 cm³/mol. The molecule has 1 amide bonds. The Bertz CT molecular complexity index is 1060. The van der Waals surface area contributed by atoms with Crippen molar-refractivity contribution < 1.29 is 32.3 Å². The number of non-ortho nitro benzene ring substituents is 1. The van der Waals surface area contributed by atoms with Gasteiger partial charge in [-0.05, 0) is 18.2 Å². The van der Waals surface area contributed by atoms with Gasteiger partial charge in [0.2, 0.25) is 15.9 Å². The molecule has 0 atom stereocenters. The van der Waals surface area contributed by atoms with Crippen LogP contribution < -0.4 is 23.8 Å². The summed E-state index contributed by atoms with van der Waals surface area (Å²) < 4.78 is 40.9. The van der Waals surface area contributed by atoms with E-state index in [0.717, 1.165) is 16.6 Å². The van der Waals surface area contributed by atoms with Crippen molar-refractivity contribution in [3.63, 3.8) is 0 Å². The summed E-state index contributed by atoms with van der Waals surface area (Å²) in [4.78, 5) is 23.1. The minimum absolute atomic E-state index is 0.0535. The van der Waals surface area contributed by atoms with Gasteiger partial charge in [-0.2, -0.15) is 0 Å². The third kappa shape index (κ3) is 5.29. The number of nitro benzene ring substituents is 1. The molecular formula is C18H21N3O8S. The van der Waals surface area contributed by atoms with Gasteiger partial charge in [0.1, 0.15) is 29.5 Å². The van der Waals surface area contributed by atoms with Crippen LogP contribution >= 0.6 is 0 Å². The minimum atomic E-state index is -3.99. The Morgan fingerprint density at radius 3 is 2.23 bits per heavy atom. The summed E-state index contributed by atoms with van der Waals surface area (Å²) in [7, 11) is 0.152. The predicted octanol–water partition coefficient (Wildman–Crippen LogP) is 2.03. The van der Waals surface area contributed by atoms with Crippen molar-refractivity contribution in [2.75, 3.05) is 43.8 Å². The van der Waals surface area contributed by atoms with Crippen molar-refractivity contribution in [3.05, 3.63) is 46.5 Å². The number of nitro groups is 1. The molecule has 0 bridgehead atoms. The van der Waals surface area contributed by atoms with Gasteiger partial charge in [-0.3, -0.25) is 19.2 Å². The molecule has 0 aliphatic rings. The summed E-state index contributed by atoms with van der Waals surface area (Å²) in [6, 6.07) is 8.17. The maximum absolute atomic E-state index is 12.6. The Labute approximate surface area is 173 Å². The Morgan fingerprint density at radius 2 is 1.70 bits per heavy atom. The fourth-order valence-electron chi connectivity index (χ4n) is 2.60. The molecule has 0 aliphatic carbocycles. The van der Waals surface area contributed by atoms with Crippen LogP contribution in [-0.2, 0) is 14.8 Å². The van der Waals surface area contributed by atoms with Gasteiger partial charge in [0.25, 0.3) is 5.69 Å². The highest BCUT2D eigenvalue weighted by atomic mass is 32.2. The number of hydrogen-bond donors (Lipinski definition) is 1.